The van der Waals surface area contributed by atoms with Crippen molar-refractivity contribution in [2.45, 2.75) is 62.2 Å². The summed E-state index contributed by atoms with van der Waals surface area (Å²) >= 11 is 1.53. The lowest BCUT2D eigenvalue weighted by atomic mass is 9.93. The van der Waals surface area contributed by atoms with Crippen molar-refractivity contribution in [1.29, 1.82) is 0 Å². The molecular weight excluding hydrogens is 530 g/mol. The molecule has 0 aliphatic carbocycles. The Hall–Kier alpha value is -3.65. The highest BCUT2D eigenvalue weighted by atomic mass is 32.2. The van der Waals surface area contributed by atoms with Crippen LogP contribution in [0.3, 0.4) is 0 Å². The smallest absolute Gasteiger partial charge is 0.251 e. The lowest BCUT2D eigenvalue weighted by Gasteiger charge is -2.27. The largest absolute Gasteiger partial charge is 0.391 e. The SMILES string of the molecule is CC(C)(C)NC(=O)c1ccccc1C[C@@H](O)[C@H](Cc1ccccc1)NC(=O)[C@H](N)CSc1ccc2ccccc2c1. The molecular formula is C34H39N3O3S. The van der Waals surface area contributed by atoms with Crippen LogP contribution in [-0.2, 0) is 17.6 Å². The average Bonchev–Trinajstić information content (AvgIpc) is 2.95. The van der Waals surface area contributed by atoms with Crippen molar-refractivity contribution in [2.75, 3.05) is 5.75 Å². The molecule has 2 amide bonds. The maximum absolute atomic E-state index is 13.2. The van der Waals surface area contributed by atoms with Gasteiger partial charge in [0.2, 0.25) is 5.91 Å². The van der Waals surface area contributed by atoms with Gasteiger partial charge in [0.05, 0.1) is 18.2 Å². The molecule has 3 atom stereocenters. The molecule has 0 heterocycles. The number of carbonyl (C=O) groups excluding carboxylic acids is 2. The first kappa shape index (κ1) is 30.3. The molecule has 5 N–H and O–H groups in total. The van der Waals surface area contributed by atoms with Gasteiger partial charge in [0, 0.05) is 28.2 Å². The predicted molar refractivity (Wildman–Crippen MR) is 168 cm³/mol. The summed E-state index contributed by atoms with van der Waals surface area (Å²) in [6.07, 6.45) is -0.315. The summed E-state index contributed by atoms with van der Waals surface area (Å²) in [4.78, 5) is 27.3. The minimum atomic E-state index is -0.942. The third-order valence-corrected chi connectivity index (χ3v) is 7.87. The number of hydrogen-bond acceptors (Lipinski definition) is 5. The highest BCUT2D eigenvalue weighted by molar-refractivity contribution is 7.99. The van der Waals surface area contributed by atoms with E-state index in [1.54, 1.807) is 6.07 Å². The third kappa shape index (κ3) is 8.92. The Morgan fingerprint density at radius 2 is 1.51 bits per heavy atom. The topological polar surface area (TPSA) is 104 Å². The van der Waals surface area contributed by atoms with E-state index in [9.17, 15) is 14.7 Å². The lowest BCUT2D eigenvalue weighted by Crippen LogP contribution is -2.52. The van der Waals surface area contributed by atoms with Crippen LogP contribution in [0.15, 0.2) is 102 Å². The van der Waals surface area contributed by atoms with Gasteiger partial charge in [-0.05, 0) is 67.3 Å². The van der Waals surface area contributed by atoms with Crippen LogP contribution < -0.4 is 16.4 Å². The van der Waals surface area contributed by atoms with Crippen molar-refractivity contribution in [3.63, 3.8) is 0 Å². The first-order chi connectivity index (χ1) is 19.6. The highest BCUT2D eigenvalue weighted by Crippen LogP contribution is 2.24. The minimum absolute atomic E-state index is 0.198. The van der Waals surface area contributed by atoms with Gasteiger partial charge in [0.1, 0.15) is 0 Å². The van der Waals surface area contributed by atoms with Crippen molar-refractivity contribution < 1.29 is 14.7 Å². The molecule has 0 aromatic heterocycles. The quantitative estimate of drug-likeness (QED) is 0.188. The van der Waals surface area contributed by atoms with E-state index in [2.05, 4.69) is 34.9 Å². The Morgan fingerprint density at radius 3 is 2.24 bits per heavy atom. The molecule has 0 unspecified atom stereocenters. The van der Waals surface area contributed by atoms with Crippen LogP contribution in [-0.4, -0.2) is 46.4 Å². The number of aliphatic hydroxyl groups excluding tert-OH is 1. The summed E-state index contributed by atoms with van der Waals surface area (Å²) in [6.45, 7) is 5.78. The summed E-state index contributed by atoms with van der Waals surface area (Å²) in [5.74, 6) is -0.123. The van der Waals surface area contributed by atoms with Gasteiger partial charge < -0.3 is 21.5 Å². The van der Waals surface area contributed by atoms with E-state index in [1.165, 1.54) is 11.8 Å². The van der Waals surface area contributed by atoms with Crippen molar-refractivity contribution in [2.24, 2.45) is 5.73 Å². The van der Waals surface area contributed by atoms with Crippen LogP contribution in [0.5, 0.6) is 0 Å². The van der Waals surface area contributed by atoms with Crippen molar-refractivity contribution in [3.8, 4) is 0 Å². The number of fused-ring (bicyclic) bond motifs is 1. The van der Waals surface area contributed by atoms with Gasteiger partial charge in [0.15, 0.2) is 0 Å². The number of aliphatic hydroxyl groups is 1. The van der Waals surface area contributed by atoms with E-state index in [0.29, 0.717) is 23.3 Å². The summed E-state index contributed by atoms with van der Waals surface area (Å²) in [5.41, 5.74) is 8.14. The molecule has 4 aromatic rings. The first-order valence-corrected chi connectivity index (χ1v) is 14.9. The second kappa shape index (κ2) is 13.8. The van der Waals surface area contributed by atoms with Gasteiger partial charge in [0.25, 0.3) is 5.91 Å². The van der Waals surface area contributed by atoms with Crippen LogP contribution >= 0.6 is 11.8 Å². The third-order valence-electron chi connectivity index (χ3n) is 6.76. The Balaban J connectivity index is 1.45. The van der Waals surface area contributed by atoms with E-state index in [-0.39, 0.29) is 18.2 Å². The number of hydrogen-bond donors (Lipinski definition) is 4. The molecule has 0 aliphatic rings. The van der Waals surface area contributed by atoms with Crippen molar-refractivity contribution >= 4 is 34.3 Å². The van der Waals surface area contributed by atoms with E-state index in [4.69, 9.17) is 5.73 Å². The minimum Gasteiger partial charge on any atom is -0.391 e. The van der Waals surface area contributed by atoms with Crippen LogP contribution in [0.2, 0.25) is 0 Å². The number of nitrogens with two attached hydrogens (primary N) is 1. The molecule has 0 radical (unpaired) electrons. The zero-order valence-corrected chi connectivity index (χ0v) is 24.7. The Bertz CT molecular complexity index is 1470. The monoisotopic (exact) mass is 569 g/mol. The second-order valence-electron chi connectivity index (χ2n) is 11.4. The maximum atomic E-state index is 13.2. The molecule has 0 saturated heterocycles. The number of nitrogens with one attached hydrogen (secondary N) is 2. The summed E-state index contributed by atoms with van der Waals surface area (Å²) in [5, 5.41) is 19.7. The fourth-order valence-corrected chi connectivity index (χ4v) is 5.55. The van der Waals surface area contributed by atoms with E-state index in [0.717, 1.165) is 21.2 Å². The molecule has 0 fully saturated rings. The molecule has 0 saturated carbocycles. The molecule has 41 heavy (non-hydrogen) atoms. The highest BCUT2D eigenvalue weighted by Gasteiger charge is 2.27. The maximum Gasteiger partial charge on any atom is 0.251 e. The fourth-order valence-electron chi connectivity index (χ4n) is 4.66. The van der Waals surface area contributed by atoms with E-state index in [1.807, 2.05) is 87.5 Å². The number of thioether (sulfide) groups is 1. The van der Waals surface area contributed by atoms with Gasteiger partial charge in [-0.15, -0.1) is 11.8 Å². The lowest BCUT2D eigenvalue weighted by molar-refractivity contribution is -0.123. The molecule has 214 valence electrons. The average molecular weight is 570 g/mol. The molecule has 4 rings (SSSR count). The first-order valence-electron chi connectivity index (χ1n) is 13.9. The van der Waals surface area contributed by atoms with Crippen LogP contribution in [0.4, 0.5) is 0 Å². The molecule has 6 nitrogen and oxygen atoms in total. The van der Waals surface area contributed by atoms with Gasteiger partial charge in [-0.25, -0.2) is 0 Å². The molecule has 7 heteroatoms. The Labute approximate surface area is 246 Å². The number of carbonyl (C=O) groups is 2. The molecule has 4 aromatic carbocycles. The number of rotatable bonds is 11. The van der Waals surface area contributed by atoms with Crippen LogP contribution in [0.25, 0.3) is 10.8 Å². The van der Waals surface area contributed by atoms with Gasteiger partial charge >= 0.3 is 0 Å². The van der Waals surface area contributed by atoms with Crippen LogP contribution in [0.1, 0.15) is 42.3 Å². The zero-order chi connectivity index (χ0) is 29.4. The van der Waals surface area contributed by atoms with Gasteiger partial charge in [-0.1, -0.05) is 78.9 Å². The summed E-state index contributed by atoms with van der Waals surface area (Å²) in [6, 6.07) is 29.9. The molecule has 0 spiro atoms. The predicted octanol–water partition coefficient (Wildman–Crippen LogP) is 5.12. The van der Waals surface area contributed by atoms with E-state index >= 15 is 0 Å². The molecule has 0 bridgehead atoms. The second-order valence-corrected chi connectivity index (χ2v) is 12.5. The standard InChI is InChI=1S/C34H39N3O3S/c1-34(2,3)37-32(39)28-16-10-9-15-26(28)21-31(38)30(19-23-11-5-4-6-12-23)36-33(40)29(35)22-41-27-18-17-24-13-7-8-14-25(24)20-27/h4-18,20,29-31,38H,19,21-22,35H2,1-3H3,(H,36,40)(H,37,39)/t29-,30+,31-/m1/s1. The Kier molecular flexibility index (Phi) is 10.2. The number of amides is 2. The fraction of sp³-hybridized carbons (Fsp3) is 0.294. The van der Waals surface area contributed by atoms with E-state index < -0.39 is 23.7 Å². The normalized spacial score (nSPS) is 13.8. The molecule has 0 aliphatic heterocycles. The van der Waals surface area contributed by atoms with Crippen LogP contribution in [0, 0.1) is 0 Å². The van der Waals surface area contributed by atoms with Crippen molar-refractivity contribution in [3.05, 3.63) is 114 Å². The van der Waals surface area contributed by atoms with Gasteiger partial charge in [-0.2, -0.15) is 0 Å². The summed E-state index contributed by atoms with van der Waals surface area (Å²) in [7, 11) is 0. The summed E-state index contributed by atoms with van der Waals surface area (Å²) < 4.78 is 0. The van der Waals surface area contributed by atoms with Crippen molar-refractivity contribution in [1.82, 2.24) is 10.6 Å². The zero-order valence-electron chi connectivity index (χ0n) is 23.8. The number of benzene rings is 4. The van der Waals surface area contributed by atoms with Gasteiger partial charge in [-0.3, -0.25) is 9.59 Å². The Morgan fingerprint density at radius 1 is 0.854 bits per heavy atom.